The highest BCUT2D eigenvalue weighted by Gasteiger charge is 2.26. The first-order valence-electron chi connectivity index (χ1n) is 13.5. The second-order valence-corrected chi connectivity index (χ2v) is 10.2. The third-order valence-electron chi connectivity index (χ3n) is 7.77. The summed E-state index contributed by atoms with van der Waals surface area (Å²) in [6.45, 7) is 3.48. The Morgan fingerprint density at radius 3 is 2.61 bits per heavy atom. The number of hydrogen-bond acceptors (Lipinski definition) is 7. The van der Waals surface area contributed by atoms with Gasteiger partial charge in [0.1, 0.15) is 17.1 Å². The number of ether oxygens (including phenoxy) is 1. The number of aromatic nitrogens is 3. The number of H-pyrrole nitrogens is 1. The molecule has 38 heavy (non-hydrogen) atoms. The summed E-state index contributed by atoms with van der Waals surface area (Å²) in [5.74, 6) is 2.58. The van der Waals surface area contributed by atoms with Gasteiger partial charge in [0.2, 0.25) is 5.95 Å². The molecule has 2 aliphatic heterocycles. The Morgan fingerprint density at radius 2 is 1.79 bits per heavy atom. The molecule has 4 aromatic rings. The predicted molar refractivity (Wildman–Crippen MR) is 152 cm³/mol. The number of fused-ring (bicyclic) bond motifs is 1. The van der Waals surface area contributed by atoms with Crippen LogP contribution in [0.15, 0.2) is 65.5 Å². The van der Waals surface area contributed by atoms with Crippen LogP contribution in [0.1, 0.15) is 37.2 Å². The molecule has 2 fully saturated rings. The number of benzene rings is 2. The fourth-order valence-corrected chi connectivity index (χ4v) is 5.73. The molecule has 6 rings (SSSR count). The quantitative estimate of drug-likeness (QED) is 0.351. The van der Waals surface area contributed by atoms with E-state index in [1.165, 1.54) is 5.56 Å². The summed E-state index contributed by atoms with van der Waals surface area (Å²) in [6, 6.07) is 20.4. The molecule has 2 saturated heterocycles. The van der Waals surface area contributed by atoms with Gasteiger partial charge in [0, 0.05) is 31.1 Å². The second kappa shape index (κ2) is 10.8. The Kier molecular flexibility index (Phi) is 6.96. The van der Waals surface area contributed by atoms with Gasteiger partial charge in [-0.3, -0.25) is 9.78 Å². The van der Waals surface area contributed by atoms with E-state index in [0.29, 0.717) is 28.9 Å². The lowest BCUT2D eigenvalue weighted by Crippen LogP contribution is -2.40. The number of nitrogens with one attached hydrogen (secondary N) is 3. The number of para-hydroxylation sites is 2. The highest BCUT2D eigenvalue weighted by Crippen LogP contribution is 2.35. The molecule has 1 unspecified atom stereocenters. The lowest BCUT2D eigenvalue weighted by atomic mass is 9.89. The van der Waals surface area contributed by atoms with Gasteiger partial charge in [-0.25, -0.2) is 4.98 Å². The second-order valence-electron chi connectivity index (χ2n) is 10.2. The third kappa shape index (κ3) is 4.96. The molecule has 0 saturated carbocycles. The number of aromatic amines is 1. The SMILES string of the molecule is COc1ccccc1C1CCN(c2nc(NC3CCCNC3)c(-c3ccc4ccccc4n3)c(=O)[nH]2)CC1. The molecule has 0 aliphatic carbocycles. The number of methoxy groups -OCH3 is 1. The zero-order valence-electron chi connectivity index (χ0n) is 21.7. The molecule has 196 valence electrons. The normalized spacial score (nSPS) is 18.4. The molecule has 0 amide bonds. The summed E-state index contributed by atoms with van der Waals surface area (Å²) >= 11 is 0. The molecule has 0 radical (unpaired) electrons. The molecular formula is C30H34N6O2. The minimum absolute atomic E-state index is 0.170. The number of pyridine rings is 1. The first kappa shape index (κ1) is 24.4. The number of nitrogens with zero attached hydrogens (tertiary/aromatic N) is 3. The summed E-state index contributed by atoms with van der Waals surface area (Å²) in [6.07, 6.45) is 4.06. The molecular weight excluding hydrogens is 476 g/mol. The van der Waals surface area contributed by atoms with Gasteiger partial charge in [-0.2, -0.15) is 4.98 Å². The zero-order valence-corrected chi connectivity index (χ0v) is 21.7. The monoisotopic (exact) mass is 510 g/mol. The molecule has 0 bridgehead atoms. The van der Waals surface area contributed by atoms with Gasteiger partial charge in [-0.1, -0.05) is 42.5 Å². The average Bonchev–Trinajstić information content (AvgIpc) is 2.97. The maximum atomic E-state index is 13.6. The van der Waals surface area contributed by atoms with Crippen LogP contribution in [0.5, 0.6) is 5.75 Å². The van der Waals surface area contributed by atoms with E-state index in [2.05, 4.69) is 32.7 Å². The average molecular weight is 511 g/mol. The van der Waals surface area contributed by atoms with E-state index in [1.54, 1.807) is 7.11 Å². The van der Waals surface area contributed by atoms with Crippen LogP contribution < -0.4 is 25.8 Å². The maximum Gasteiger partial charge on any atom is 0.263 e. The van der Waals surface area contributed by atoms with Gasteiger partial charge < -0.3 is 20.3 Å². The largest absolute Gasteiger partial charge is 0.496 e. The van der Waals surface area contributed by atoms with E-state index < -0.39 is 0 Å². The van der Waals surface area contributed by atoms with E-state index in [1.807, 2.05) is 48.5 Å². The number of rotatable bonds is 6. The van der Waals surface area contributed by atoms with E-state index in [4.69, 9.17) is 14.7 Å². The van der Waals surface area contributed by atoms with E-state index in [9.17, 15) is 4.79 Å². The van der Waals surface area contributed by atoms with Gasteiger partial charge in [-0.05, 0) is 61.9 Å². The van der Waals surface area contributed by atoms with Gasteiger partial charge in [0.25, 0.3) is 5.56 Å². The summed E-state index contributed by atoms with van der Waals surface area (Å²) in [4.78, 5) is 28.7. The van der Waals surface area contributed by atoms with Crippen LogP contribution in [0.25, 0.3) is 22.2 Å². The maximum absolute atomic E-state index is 13.6. The Hall–Kier alpha value is -3.91. The fourth-order valence-electron chi connectivity index (χ4n) is 5.73. The van der Waals surface area contributed by atoms with Crippen molar-refractivity contribution in [3.63, 3.8) is 0 Å². The van der Waals surface area contributed by atoms with Crippen molar-refractivity contribution in [1.82, 2.24) is 20.3 Å². The third-order valence-corrected chi connectivity index (χ3v) is 7.77. The van der Waals surface area contributed by atoms with Crippen molar-refractivity contribution in [3.8, 4) is 17.0 Å². The number of hydrogen-bond donors (Lipinski definition) is 3. The minimum Gasteiger partial charge on any atom is -0.496 e. The van der Waals surface area contributed by atoms with Crippen molar-refractivity contribution in [3.05, 3.63) is 76.6 Å². The van der Waals surface area contributed by atoms with Gasteiger partial charge in [0.05, 0.1) is 18.3 Å². The Morgan fingerprint density at radius 1 is 0.974 bits per heavy atom. The van der Waals surface area contributed by atoms with Crippen molar-refractivity contribution in [2.24, 2.45) is 0 Å². The van der Waals surface area contributed by atoms with Crippen LogP contribution in [-0.4, -0.2) is 54.3 Å². The number of piperidine rings is 2. The topological polar surface area (TPSA) is 95.2 Å². The molecule has 0 spiro atoms. The van der Waals surface area contributed by atoms with Crippen molar-refractivity contribution in [2.45, 2.75) is 37.6 Å². The van der Waals surface area contributed by atoms with Crippen LogP contribution in [0.2, 0.25) is 0 Å². The van der Waals surface area contributed by atoms with Gasteiger partial charge in [-0.15, -0.1) is 0 Å². The highest BCUT2D eigenvalue weighted by molar-refractivity contribution is 5.83. The van der Waals surface area contributed by atoms with Gasteiger partial charge in [0.15, 0.2) is 0 Å². The molecule has 8 nitrogen and oxygen atoms in total. The van der Waals surface area contributed by atoms with E-state index in [0.717, 1.165) is 68.5 Å². The van der Waals surface area contributed by atoms with Crippen LogP contribution in [0.4, 0.5) is 11.8 Å². The Balaban J connectivity index is 1.31. The standard InChI is InChI=1S/C30H34N6O2/c1-38-26-11-5-3-9-23(26)20-14-17-36(18-15-20)30-34-28(32-22-8-6-16-31-19-22)27(29(37)35-30)25-13-12-21-7-2-4-10-24(21)33-25/h2-5,7,9-13,20,22,31H,6,8,14-19H2,1H3,(H2,32,34,35,37). The van der Waals surface area contributed by atoms with Crippen LogP contribution in [-0.2, 0) is 0 Å². The summed E-state index contributed by atoms with van der Waals surface area (Å²) in [5.41, 5.74) is 3.06. The molecule has 1 atom stereocenters. The van der Waals surface area contributed by atoms with Crippen molar-refractivity contribution in [1.29, 1.82) is 0 Å². The van der Waals surface area contributed by atoms with Crippen LogP contribution in [0.3, 0.4) is 0 Å². The highest BCUT2D eigenvalue weighted by atomic mass is 16.5. The molecule has 3 N–H and O–H groups in total. The smallest absolute Gasteiger partial charge is 0.263 e. The fraction of sp³-hybridized carbons (Fsp3) is 0.367. The lowest BCUT2D eigenvalue weighted by molar-refractivity contribution is 0.397. The van der Waals surface area contributed by atoms with E-state index in [-0.39, 0.29) is 11.6 Å². The Bertz CT molecular complexity index is 1470. The molecule has 2 aromatic carbocycles. The minimum atomic E-state index is -0.170. The first-order chi connectivity index (χ1) is 18.7. The molecule has 2 aromatic heterocycles. The first-order valence-corrected chi connectivity index (χ1v) is 13.5. The number of anilines is 2. The molecule has 4 heterocycles. The van der Waals surface area contributed by atoms with Crippen molar-refractivity contribution >= 4 is 22.7 Å². The lowest BCUT2D eigenvalue weighted by Gasteiger charge is -2.33. The summed E-state index contributed by atoms with van der Waals surface area (Å²) < 4.78 is 5.60. The zero-order chi connectivity index (χ0) is 25.9. The van der Waals surface area contributed by atoms with Gasteiger partial charge >= 0.3 is 0 Å². The predicted octanol–water partition coefficient (Wildman–Crippen LogP) is 4.54. The molecule has 8 heteroatoms. The molecule has 2 aliphatic rings. The summed E-state index contributed by atoms with van der Waals surface area (Å²) in [7, 11) is 1.73. The van der Waals surface area contributed by atoms with Crippen LogP contribution in [0, 0.1) is 0 Å². The van der Waals surface area contributed by atoms with E-state index >= 15 is 0 Å². The summed E-state index contributed by atoms with van der Waals surface area (Å²) in [5, 5.41) is 8.08. The van der Waals surface area contributed by atoms with Crippen molar-refractivity contribution < 1.29 is 4.74 Å². The van der Waals surface area contributed by atoms with Crippen LogP contribution >= 0.6 is 0 Å². The van der Waals surface area contributed by atoms with Crippen molar-refractivity contribution in [2.75, 3.05) is 43.5 Å². The Labute approximate surface area is 222 Å².